The quantitative estimate of drug-likeness (QED) is 0.822. The first-order valence-corrected chi connectivity index (χ1v) is 6.45. The Morgan fingerprint density at radius 1 is 1.58 bits per heavy atom. The molecule has 0 saturated carbocycles. The highest BCUT2D eigenvalue weighted by atomic mass is 16.5. The summed E-state index contributed by atoms with van der Waals surface area (Å²) in [6.07, 6.45) is 0.734. The predicted octanol–water partition coefficient (Wildman–Crippen LogP) is 0.893. The molecule has 6 nitrogen and oxygen atoms in total. The fraction of sp³-hybridized carbons (Fsp3) is 0.615. The lowest BCUT2D eigenvalue weighted by Gasteiger charge is -2.18. The Morgan fingerprint density at radius 3 is 2.95 bits per heavy atom. The number of nitrogens with zero attached hydrogens (tertiary/aromatic N) is 2. The number of carbonyl (C=O) groups excluding carboxylic acids is 1. The molecule has 19 heavy (non-hydrogen) atoms. The summed E-state index contributed by atoms with van der Waals surface area (Å²) < 4.78 is 4.75. The number of anilines is 1. The van der Waals surface area contributed by atoms with Crippen LogP contribution in [0.15, 0.2) is 10.9 Å². The molecule has 104 valence electrons. The van der Waals surface area contributed by atoms with Gasteiger partial charge in [0.25, 0.3) is 5.56 Å². The monoisotopic (exact) mass is 265 g/mol. The Morgan fingerprint density at radius 2 is 2.32 bits per heavy atom. The van der Waals surface area contributed by atoms with Crippen molar-refractivity contribution in [1.82, 2.24) is 9.97 Å². The van der Waals surface area contributed by atoms with Crippen molar-refractivity contribution in [2.45, 2.75) is 26.2 Å². The summed E-state index contributed by atoms with van der Waals surface area (Å²) in [4.78, 5) is 32.3. The SMILES string of the molecule is COC(=O)C1CCN(c2cc(=O)[nH]c(C(C)C)n2)C1. The van der Waals surface area contributed by atoms with Crippen LogP contribution in [0.4, 0.5) is 5.82 Å². The van der Waals surface area contributed by atoms with E-state index in [1.54, 1.807) is 0 Å². The van der Waals surface area contributed by atoms with E-state index in [2.05, 4.69) is 9.97 Å². The van der Waals surface area contributed by atoms with Crippen molar-refractivity contribution in [3.05, 3.63) is 22.2 Å². The van der Waals surface area contributed by atoms with Crippen molar-refractivity contribution >= 4 is 11.8 Å². The molecule has 1 saturated heterocycles. The topological polar surface area (TPSA) is 75.3 Å². The van der Waals surface area contributed by atoms with Crippen LogP contribution in [0.25, 0.3) is 0 Å². The van der Waals surface area contributed by atoms with Gasteiger partial charge in [-0.25, -0.2) is 4.98 Å². The van der Waals surface area contributed by atoms with Gasteiger partial charge in [-0.15, -0.1) is 0 Å². The number of methoxy groups -OCH3 is 1. The van der Waals surface area contributed by atoms with Gasteiger partial charge in [0.15, 0.2) is 0 Å². The second-order valence-corrected chi connectivity index (χ2v) is 5.10. The maximum Gasteiger partial charge on any atom is 0.310 e. The minimum Gasteiger partial charge on any atom is -0.469 e. The van der Waals surface area contributed by atoms with Gasteiger partial charge in [0.2, 0.25) is 0 Å². The molecule has 1 aliphatic heterocycles. The van der Waals surface area contributed by atoms with E-state index in [0.29, 0.717) is 24.7 Å². The van der Waals surface area contributed by atoms with Crippen LogP contribution >= 0.6 is 0 Å². The number of nitrogens with one attached hydrogen (secondary N) is 1. The maximum atomic E-state index is 11.6. The third-order valence-electron chi connectivity index (χ3n) is 3.34. The van der Waals surface area contributed by atoms with Gasteiger partial charge in [-0.3, -0.25) is 9.59 Å². The van der Waals surface area contributed by atoms with E-state index in [0.717, 1.165) is 6.42 Å². The van der Waals surface area contributed by atoms with E-state index in [1.807, 2.05) is 18.7 Å². The summed E-state index contributed by atoms with van der Waals surface area (Å²) in [6.45, 7) is 5.22. The third-order valence-corrected chi connectivity index (χ3v) is 3.34. The van der Waals surface area contributed by atoms with Crippen molar-refractivity contribution in [2.24, 2.45) is 5.92 Å². The lowest BCUT2D eigenvalue weighted by atomic mass is 10.1. The summed E-state index contributed by atoms with van der Waals surface area (Å²) >= 11 is 0. The number of aromatic amines is 1. The van der Waals surface area contributed by atoms with Gasteiger partial charge in [0.05, 0.1) is 13.0 Å². The van der Waals surface area contributed by atoms with Gasteiger partial charge < -0.3 is 14.6 Å². The van der Waals surface area contributed by atoms with Crippen molar-refractivity contribution in [2.75, 3.05) is 25.1 Å². The Balaban J connectivity index is 2.20. The van der Waals surface area contributed by atoms with Crippen LogP contribution in [0.5, 0.6) is 0 Å². The summed E-state index contributed by atoms with van der Waals surface area (Å²) in [5.41, 5.74) is -0.157. The molecule has 0 aliphatic carbocycles. The first-order valence-electron chi connectivity index (χ1n) is 6.45. The number of esters is 1. The Hall–Kier alpha value is -1.85. The molecule has 1 atom stereocenters. The second-order valence-electron chi connectivity index (χ2n) is 5.10. The number of rotatable bonds is 3. The van der Waals surface area contributed by atoms with Crippen LogP contribution in [0, 0.1) is 5.92 Å². The fourth-order valence-electron chi connectivity index (χ4n) is 2.23. The van der Waals surface area contributed by atoms with E-state index >= 15 is 0 Å². The van der Waals surface area contributed by atoms with E-state index in [-0.39, 0.29) is 23.4 Å². The molecule has 1 fully saturated rings. The number of hydrogen-bond donors (Lipinski definition) is 1. The molecule has 1 N–H and O–H groups in total. The van der Waals surface area contributed by atoms with Gasteiger partial charge >= 0.3 is 5.97 Å². The van der Waals surface area contributed by atoms with Gasteiger partial charge in [-0.05, 0) is 6.42 Å². The molecule has 0 amide bonds. The molecule has 2 rings (SSSR count). The smallest absolute Gasteiger partial charge is 0.310 e. The van der Waals surface area contributed by atoms with E-state index in [9.17, 15) is 9.59 Å². The first-order chi connectivity index (χ1) is 9.01. The van der Waals surface area contributed by atoms with Gasteiger partial charge in [-0.2, -0.15) is 0 Å². The Bertz CT molecular complexity index is 524. The molecule has 1 aromatic rings. The number of aromatic nitrogens is 2. The normalized spacial score (nSPS) is 18.9. The minimum absolute atomic E-state index is 0.131. The molecule has 2 heterocycles. The minimum atomic E-state index is -0.198. The van der Waals surface area contributed by atoms with Crippen LogP contribution in [0.2, 0.25) is 0 Å². The molecule has 0 spiro atoms. The van der Waals surface area contributed by atoms with E-state index in [1.165, 1.54) is 13.2 Å². The molecular weight excluding hydrogens is 246 g/mol. The molecule has 0 bridgehead atoms. The van der Waals surface area contributed by atoms with E-state index < -0.39 is 0 Å². The number of ether oxygens (including phenoxy) is 1. The highest BCUT2D eigenvalue weighted by Gasteiger charge is 2.30. The lowest BCUT2D eigenvalue weighted by molar-refractivity contribution is -0.144. The number of hydrogen-bond acceptors (Lipinski definition) is 5. The fourth-order valence-corrected chi connectivity index (χ4v) is 2.23. The van der Waals surface area contributed by atoms with Crippen LogP contribution in [-0.4, -0.2) is 36.1 Å². The van der Waals surface area contributed by atoms with Crippen LogP contribution in [-0.2, 0) is 9.53 Å². The zero-order valence-corrected chi connectivity index (χ0v) is 11.5. The lowest BCUT2D eigenvalue weighted by Crippen LogP contribution is -2.26. The highest BCUT2D eigenvalue weighted by Crippen LogP contribution is 2.22. The zero-order chi connectivity index (χ0) is 14.0. The van der Waals surface area contributed by atoms with Crippen LogP contribution in [0.3, 0.4) is 0 Å². The first kappa shape index (κ1) is 13.6. The van der Waals surface area contributed by atoms with Crippen molar-refractivity contribution in [3.8, 4) is 0 Å². The molecule has 0 aromatic carbocycles. The van der Waals surface area contributed by atoms with Gasteiger partial charge in [0, 0.05) is 25.1 Å². The average molecular weight is 265 g/mol. The summed E-state index contributed by atoms with van der Waals surface area (Å²) in [5.74, 6) is 1.14. The molecule has 1 unspecified atom stereocenters. The Labute approximate surface area is 111 Å². The second kappa shape index (κ2) is 5.42. The van der Waals surface area contributed by atoms with E-state index in [4.69, 9.17) is 4.74 Å². The average Bonchev–Trinajstić information content (AvgIpc) is 2.86. The molecular formula is C13H19N3O3. The summed E-state index contributed by atoms with van der Waals surface area (Å²) in [7, 11) is 1.40. The molecule has 1 aromatic heterocycles. The van der Waals surface area contributed by atoms with Crippen molar-refractivity contribution in [1.29, 1.82) is 0 Å². The highest BCUT2D eigenvalue weighted by molar-refractivity contribution is 5.74. The zero-order valence-electron chi connectivity index (χ0n) is 11.5. The number of carbonyl (C=O) groups is 1. The van der Waals surface area contributed by atoms with Crippen molar-refractivity contribution in [3.63, 3.8) is 0 Å². The predicted molar refractivity (Wildman–Crippen MR) is 71.3 cm³/mol. The summed E-state index contributed by atoms with van der Waals surface area (Å²) in [6, 6.07) is 1.48. The van der Waals surface area contributed by atoms with Crippen LogP contribution in [0.1, 0.15) is 32.0 Å². The third kappa shape index (κ3) is 2.94. The molecule has 1 aliphatic rings. The van der Waals surface area contributed by atoms with Crippen LogP contribution < -0.4 is 10.5 Å². The maximum absolute atomic E-state index is 11.6. The number of H-pyrrole nitrogens is 1. The molecule has 0 radical (unpaired) electrons. The summed E-state index contributed by atoms with van der Waals surface area (Å²) in [5, 5.41) is 0. The van der Waals surface area contributed by atoms with Gasteiger partial charge in [-0.1, -0.05) is 13.8 Å². The Kier molecular flexibility index (Phi) is 3.87. The largest absolute Gasteiger partial charge is 0.469 e. The molecule has 6 heteroatoms. The van der Waals surface area contributed by atoms with Crippen molar-refractivity contribution < 1.29 is 9.53 Å². The standard InChI is InChI=1S/C13H19N3O3/c1-8(2)12-14-10(6-11(17)15-12)16-5-4-9(7-16)13(18)19-3/h6,8-9H,4-5,7H2,1-3H3,(H,14,15,17). The van der Waals surface area contributed by atoms with Gasteiger partial charge in [0.1, 0.15) is 11.6 Å².